The van der Waals surface area contributed by atoms with Crippen LogP contribution in [0, 0.1) is 6.92 Å². The third kappa shape index (κ3) is 1.77. The van der Waals surface area contributed by atoms with Crippen LogP contribution >= 0.6 is 0 Å². The maximum Gasteiger partial charge on any atom is 0.197 e. The molecule has 1 aromatic heterocycles. The molecule has 0 bridgehead atoms. The van der Waals surface area contributed by atoms with Crippen LogP contribution in [0.3, 0.4) is 0 Å². The summed E-state index contributed by atoms with van der Waals surface area (Å²) in [7, 11) is 0. The highest BCUT2D eigenvalue weighted by atomic mass is 16.4. The van der Waals surface area contributed by atoms with Gasteiger partial charge in [0.25, 0.3) is 0 Å². The van der Waals surface area contributed by atoms with Crippen LogP contribution in [0.15, 0.2) is 4.42 Å². The van der Waals surface area contributed by atoms with Gasteiger partial charge in [-0.05, 0) is 39.2 Å². The smallest absolute Gasteiger partial charge is 0.197 e. The van der Waals surface area contributed by atoms with Gasteiger partial charge in [-0.1, -0.05) is 12.8 Å². The van der Waals surface area contributed by atoms with E-state index in [4.69, 9.17) is 9.40 Å². The SMILES string of the molecule is Cc1oc(C2CCC2)nc1C1CCCCN1. The number of oxazole rings is 1. The lowest BCUT2D eigenvalue weighted by Gasteiger charge is -2.22. The van der Waals surface area contributed by atoms with Gasteiger partial charge in [0.05, 0.1) is 11.7 Å². The molecule has 0 radical (unpaired) electrons. The van der Waals surface area contributed by atoms with E-state index in [2.05, 4.69) is 12.2 Å². The minimum absolute atomic E-state index is 0.436. The summed E-state index contributed by atoms with van der Waals surface area (Å²) in [4.78, 5) is 4.73. The van der Waals surface area contributed by atoms with Gasteiger partial charge in [0.15, 0.2) is 5.89 Å². The van der Waals surface area contributed by atoms with Crippen LogP contribution in [0.4, 0.5) is 0 Å². The molecule has 1 aliphatic heterocycles. The van der Waals surface area contributed by atoms with Gasteiger partial charge < -0.3 is 9.73 Å². The Morgan fingerprint density at radius 3 is 2.69 bits per heavy atom. The highest BCUT2D eigenvalue weighted by Gasteiger charge is 2.28. The zero-order valence-corrected chi connectivity index (χ0v) is 9.96. The molecule has 1 aromatic rings. The van der Waals surface area contributed by atoms with Crippen molar-refractivity contribution in [3.8, 4) is 0 Å². The molecule has 1 atom stereocenters. The fourth-order valence-electron chi connectivity index (χ4n) is 2.67. The average molecular weight is 220 g/mol. The molecule has 3 rings (SSSR count). The summed E-state index contributed by atoms with van der Waals surface area (Å²) in [6, 6.07) is 0.436. The Labute approximate surface area is 96.6 Å². The second kappa shape index (κ2) is 4.21. The first-order valence-corrected chi connectivity index (χ1v) is 6.55. The van der Waals surface area contributed by atoms with Crippen molar-refractivity contribution in [3.05, 3.63) is 17.3 Å². The van der Waals surface area contributed by atoms with Crippen LogP contribution in [-0.4, -0.2) is 11.5 Å². The zero-order chi connectivity index (χ0) is 11.0. The van der Waals surface area contributed by atoms with Gasteiger partial charge in [0, 0.05) is 5.92 Å². The number of nitrogens with one attached hydrogen (secondary N) is 1. The van der Waals surface area contributed by atoms with Crippen molar-refractivity contribution in [1.29, 1.82) is 0 Å². The van der Waals surface area contributed by atoms with E-state index in [0.717, 1.165) is 18.2 Å². The first-order valence-electron chi connectivity index (χ1n) is 6.55. The lowest BCUT2D eigenvalue weighted by Crippen LogP contribution is -2.27. The van der Waals surface area contributed by atoms with Crippen molar-refractivity contribution in [2.75, 3.05) is 6.54 Å². The summed E-state index contributed by atoms with van der Waals surface area (Å²) in [5.41, 5.74) is 1.17. The van der Waals surface area contributed by atoms with Crippen LogP contribution in [0.25, 0.3) is 0 Å². The lowest BCUT2D eigenvalue weighted by atomic mass is 9.85. The molecular weight excluding hydrogens is 200 g/mol. The molecule has 3 nitrogen and oxygen atoms in total. The molecule has 1 saturated heterocycles. The molecule has 0 spiro atoms. The Morgan fingerprint density at radius 1 is 1.19 bits per heavy atom. The summed E-state index contributed by atoms with van der Waals surface area (Å²) in [6.45, 7) is 3.18. The second-order valence-corrected chi connectivity index (χ2v) is 5.12. The Balaban J connectivity index is 1.79. The molecule has 2 heterocycles. The van der Waals surface area contributed by atoms with Gasteiger partial charge in [-0.15, -0.1) is 0 Å². The first-order chi connectivity index (χ1) is 7.84. The Bertz CT molecular complexity index is 362. The third-order valence-corrected chi connectivity index (χ3v) is 3.94. The maximum atomic E-state index is 5.82. The molecule has 0 amide bonds. The Kier molecular flexibility index (Phi) is 2.72. The van der Waals surface area contributed by atoms with E-state index in [1.54, 1.807) is 0 Å². The van der Waals surface area contributed by atoms with Crippen molar-refractivity contribution in [1.82, 2.24) is 10.3 Å². The van der Waals surface area contributed by atoms with Gasteiger partial charge in [-0.25, -0.2) is 4.98 Å². The fraction of sp³-hybridized carbons (Fsp3) is 0.769. The van der Waals surface area contributed by atoms with Gasteiger partial charge >= 0.3 is 0 Å². The topological polar surface area (TPSA) is 38.1 Å². The first kappa shape index (κ1) is 10.3. The number of hydrogen-bond acceptors (Lipinski definition) is 3. The number of piperidine rings is 1. The molecule has 1 unspecified atom stereocenters. The molecule has 3 heteroatoms. The molecule has 1 N–H and O–H groups in total. The van der Waals surface area contributed by atoms with E-state index in [-0.39, 0.29) is 0 Å². The van der Waals surface area contributed by atoms with E-state index in [1.807, 2.05) is 0 Å². The summed E-state index contributed by atoms with van der Waals surface area (Å²) in [5, 5.41) is 3.54. The summed E-state index contributed by atoms with van der Waals surface area (Å²) >= 11 is 0. The highest BCUT2D eigenvalue weighted by Crippen LogP contribution is 2.37. The van der Waals surface area contributed by atoms with Gasteiger partial charge in [0.2, 0.25) is 0 Å². The molecule has 88 valence electrons. The van der Waals surface area contributed by atoms with Crippen LogP contribution < -0.4 is 5.32 Å². The summed E-state index contributed by atoms with van der Waals surface area (Å²) in [6.07, 6.45) is 7.67. The molecule has 2 aliphatic rings. The number of hydrogen-bond donors (Lipinski definition) is 1. The normalized spacial score (nSPS) is 26.7. The van der Waals surface area contributed by atoms with Crippen LogP contribution in [0.5, 0.6) is 0 Å². The van der Waals surface area contributed by atoms with E-state index < -0.39 is 0 Å². The number of aromatic nitrogens is 1. The van der Waals surface area contributed by atoms with E-state index in [1.165, 1.54) is 44.2 Å². The standard InChI is InChI=1S/C13H20N2O/c1-9-12(11-7-2-3-8-14-11)15-13(16-9)10-5-4-6-10/h10-11,14H,2-8H2,1H3. The molecule has 2 fully saturated rings. The van der Waals surface area contributed by atoms with E-state index in [0.29, 0.717) is 12.0 Å². The summed E-state index contributed by atoms with van der Waals surface area (Å²) in [5.74, 6) is 2.63. The predicted molar refractivity (Wildman–Crippen MR) is 62.4 cm³/mol. The van der Waals surface area contributed by atoms with Crippen LogP contribution in [0.1, 0.15) is 67.8 Å². The van der Waals surface area contributed by atoms with Crippen molar-refractivity contribution in [3.63, 3.8) is 0 Å². The average Bonchev–Trinajstić information content (AvgIpc) is 2.59. The molecule has 16 heavy (non-hydrogen) atoms. The van der Waals surface area contributed by atoms with Gasteiger partial charge in [0.1, 0.15) is 5.76 Å². The number of nitrogens with zero attached hydrogens (tertiary/aromatic N) is 1. The minimum atomic E-state index is 0.436. The van der Waals surface area contributed by atoms with Gasteiger partial charge in [-0.2, -0.15) is 0 Å². The fourth-order valence-corrected chi connectivity index (χ4v) is 2.67. The van der Waals surface area contributed by atoms with Crippen molar-refractivity contribution in [2.24, 2.45) is 0 Å². The molecular formula is C13H20N2O. The largest absolute Gasteiger partial charge is 0.445 e. The lowest BCUT2D eigenvalue weighted by molar-refractivity contribution is 0.329. The molecule has 0 aromatic carbocycles. The minimum Gasteiger partial charge on any atom is -0.445 e. The molecule has 1 saturated carbocycles. The van der Waals surface area contributed by atoms with Gasteiger partial charge in [-0.3, -0.25) is 0 Å². The Hall–Kier alpha value is -0.830. The maximum absolute atomic E-state index is 5.82. The highest BCUT2D eigenvalue weighted by molar-refractivity contribution is 5.16. The van der Waals surface area contributed by atoms with Crippen LogP contribution in [-0.2, 0) is 0 Å². The van der Waals surface area contributed by atoms with Crippen molar-refractivity contribution < 1.29 is 4.42 Å². The molecule has 1 aliphatic carbocycles. The predicted octanol–water partition coefficient (Wildman–Crippen LogP) is 3.07. The summed E-state index contributed by atoms with van der Waals surface area (Å²) < 4.78 is 5.82. The van der Waals surface area contributed by atoms with Crippen molar-refractivity contribution >= 4 is 0 Å². The van der Waals surface area contributed by atoms with E-state index >= 15 is 0 Å². The second-order valence-electron chi connectivity index (χ2n) is 5.12. The number of rotatable bonds is 2. The van der Waals surface area contributed by atoms with Crippen molar-refractivity contribution in [2.45, 2.75) is 57.4 Å². The quantitative estimate of drug-likeness (QED) is 0.832. The van der Waals surface area contributed by atoms with E-state index in [9.17, 15) is 0 Å². The monoisotopic (exact) mass is 220 g/mol. The zero-order valence-electron chi connectivity index (χ0n) is 9.96. The number of aryl methyl sites for hydroxylation is 1. The third-order valence-electron chi connectivity index (χ3n) is 3.94. The van der Waals surface area contributed by atoms with Crippen LogP contribution in [0.2, 0.25) is 0 Å². The Morgan fingerprint density at radius 2 is 2.06 bits per heavy atom.